The van der Waals surface area contributed by atoms with Crippen molar-refractivity contribution in [1.82, 2.24) is 24.9 Å². The van der Waals surface area contributed by atoms with Gasteiger partial charge in [-0.1, -0.05) is 5.21 Å². The maximum absolute atomic E-state index is 12.7. The average Bonchev–Trinajstić information content (AvgIpc) is 3.10. The molecule has 1 amide bonds. The summed E-state index contributed by atoms with van der Waals surface area (Å²) in [5, 5.41) is 8.10. The molecule has 0 N–H and O–H groups in total. The minimum absolute atomic E-state index is 0.0187. The summed E-state index contributed by atoms with van der Waals surface area (Å²) < 4.78 is 12.8. The first-order chi connectivity index (χ1) is 11.3. The summed E-state index contributed by atoms with van der Waals surface area (Å²) >= 11 is 0. The maximum atomic E-state index is 12.7. The van der Waals surface area contributed by atoms with Gasteiger partial charge in [0, 0.05) is 25.4 Å². The Morgan fingerprint density at radius 1 is 1.39 bits per heavy atom. The van der Waals surface area contributed by atoms with Gasteiger partial charge in [-0.25, -0.2) is 9.67 Å². The van der Waals surface area contributed by atoms with Crippen molar-refractivity contribution in [3.05, 3.63) is 35.8 Å². The third-order valence-corrected chi connectivity index (χ3v) is 4.41. The van der Waals surface area contributed by atoms with Crippen LogP contribution in [0.25, 0.3) is 0 Å². The monoisotopic (exact) mass is 315 g/mol. The number of piperidine rings is 1. The summed E-state index contributed by atoms with van der Waals surface area (Å²) in [5.41, 5.74) is 1.51. The van der Waals surface area contributed by atoms with Gasteiger partial charge in [-0.15, -0.1) is 5.10 Å². The molecule has 120 valence electrons. The minimum Gasteiger partial charge on any atom is -0.481 e. The van der Waals surface area contributed by atoms with Crippen molar-refractivity contribution in [3.8, 4) is 5.88 Å². The summed E-state index contributed by atoms with van der Waals surface area (Å²) in [4.78, 5) is 18.6. The van der Waals surface area contributed by atoms with Crippen molar-refractivity contribution in [2.75, 3.05) is 20.2 Å². The van der Waals surface area contributed by atoms with Crippen molar-refractivity contribution in [2.45, 2.75) is 25.2 Å². The van der Waals surface area contributed by atoms with Crippen LogP contribution in [0.5, 0.6) is 5.88 Å². The SMILES string of the molecule is COc1ccc(C(=O)N2CCC3OCc4cnnn4C3C2)cn1. The Morgan fingerprint density at radius 3 is 3.09 bits per heavy atom. The summed E-state index contributed by atoms with van der Waals surface area (Å²) in [6.45, 7) is 1.76. The maximum Gasteiger partial charge on any atom is 0.255 e. The van der Waals surface area contributed by atoms with Crippen LogP contribution in [0.3, 0.4) is 0 Å². The van der Waals surface area contributed by atoms with Crippen molar-refractivity contribution in [3.63, 3.8) is 0 Å². The number of carbonyl (C=O) groups excluding carboxylic acids is 1. The summed E-state index contributed by atoms with van der Waals surface area (Å²) in [7, 11) is 1.55. The largest absolute Gasteiger partial charge is 0.481 e. The number of hydrogen-bond donors (Lipinski definition) is 0. The van der Waals surface area contributed by atoms with Gasteiger partial charge in [0.15, 0.2) is 0 Å². The molecular formula is C15H17N5O3. The lowest BCUT2D eigenvalue weighted by Gasteiger charge is -2.40. The molecule has 8 heteroatoms. The van der Waals surface area contributed by atoms with E-state index in [0.29, 0.717) is 31.1 Å². The Balaban J connectivity index is 1.54. The van der Waals surface area contributed by atoms with Gasteiger partial charge >= 0.3 is 0 Å². The fraction of sp³-hybridized carbons (Fsp3) is 0.467. The number of ether oxygens (including phenoxy) is 2. The van der Waals surface area contributed by atoms with Crippen molar-refractivity contribution >= 4 is 5.91 Å². The number of pyridine rings is 1. The number of aromatic nitrogens is 4. The van der Waals surface area contributed by atoms with Gasteiger partial charge in [-0.3, -0.25) is 4.79 Å². The smallest absolute Gasteiger partial charge is 0.255 e. The van der Waals surface area contributed by atoms with E-state index in [1.54, 1.807) is 31.6 Å². The van der Waals surface area contributed by atoms with E-state index in [2.05, 4.69) is 15.3 Å². The normalized spacial score (nSPS) is 23.1. The van der Waals surface area contributed by atoms with Crippen LogP contribution in [0, 0.1) is 0 Å². The number of rotatable bonds is 2. The Morgan fingerprint density at radius 2 is 2.30 bits per heavy atom. The molecule has 0 aromatic carbocycles. The van der Waals surface area contributed by atoms with Gasteiger partial charge in [0.2, 0.25) is 5.88 Å². The van der Waals surface area contributed by atoms with Crippen molar-refractivity contribution in [2.24, 2.45) is 0 Å². The molecule has 2 atom stereocenters. The zero-order chi connectivity index (χ0) is 15.8. The second-order valence-corrected chi connectivity index (χ2v) is 5.72. The third-order valence-electron chi connectivity index (χ3n) is 4.41. The Kier molecular flexibility index (Phi) is 3.45. The molecule has 0 saturated carbocycles. The summed E-state index contributed by atoms with van der Waals surface area (Å²) in [6, 6.07) is 3.45. The van der Waals surface area contributed by atoms with E-state index in [9.17, 15) is 4.79 Å². The van der Waals surface area contributed by atoms with E-state index in [1.165, 1.54) is 0 Å². The molecule has 0 aliphatic carbocycles. The lowest BCUT2D eigenvalue weighted by Crippen LogP contribution is -2.49. The van der Waals surface area contributed by atoms with Gasteiger partial charge in [-0.05, 0) is 12.5 Å². The minimum atomic E-state index is -0.0363. The van der Waals surface area contributed by atoms with E-state index >= 15 is 0 Å². The van der Waals surface area contributed by atoms with Crippen LogP contribution >= 0.6 is 0 Å². The predicted molar refractivity (Wildman–Crippen MR) is 78.9 cm³/mol. The zero-order valence-electron chi connectivity index (χ0n) is 12.8. The van der Waals surface area contributed by atoms with Crippen molar-refractivity contribution < 1.29 is 14.3 Å². The van der Waals surface area contributed by atoms with Crippen LogP contribution in [0.2, 0.25) is 0 Å². The topological polar surface area (TPSA) is 82.4 Å². The molecule has 2 unspecified atom stereocenters. The molecule has 0 bridgehead atoms. The van der Waals surface area contributed by atoms with Crippen molar-refractivity contribution in [1.29, 1.82) is 0 Å². The molecular weight excluding hydrogens is 298 g/mol. The van der Waals surface area contributed by atoms with Gasteiger partial charge < -0.3 is 14.4 Å². The van der Waals surface area contributed by atoms with Crippen LogP contribution in [0.1, 0.15) is 28.5 Å². The first-order valence-electron chi connectivity index (χ1n) is 7.56. The van der Waals surface area contributed by atoms with Crippen LogP contribution in [0.4, 0.5) is 0 Å². The molecule has 23 heavy (non-hydrogen) atoms. The molecule has 0 spiro atoms. The Hall–Kier alpha value is -2.48. The molecule has 2 aromatic rings. The lowest BCUT2D eigenvalue weighted by atomic mass is 10.00. The molecule has 1 fully saturated rings. The molecule has 0 radical (unpaired) electrons. The highest BCUT2D eigenvalue weighted by Gasteiger charge is 2.38. The van der Waals surface area contributed by atoms with Crippen LogP contribution < -0.4 is 4.74 Å². The van der Waals surface area contributed by atoms with E-state index < -0.39 is 0 Å². The quantitative estimate of drug-likeness (QED) is 0.810. The van der Waals surface area contributed by atoms with Crippen LogP contribution in [-0.4, -0.2) is 57.1 Å². The van der Waals surface area contributed by atoms with Crippen LogP contribution in [-0.2, 0) is 11.3 Å². The number of amides is 1. The average molecular weight is 315 g/mol. The molecule has 1 saturated heterocycles. The van der Waals surface area contributed by atoms with Gasteiger partial charge in [-0.2, -0.15) is 0 Å². The van der Waals surface area contributed by atoms with E-state index in [-0.39, 0.29) is 18.1 Å². The zero-order valence-corrected chi connectivity index (χ0v) is 12.8. The second-order valence-electron chi connectivity index (χ2n) is 5.72. The van der Waals surface area contributed by atoms with Crippen LogP contribution in [0.15, 0.2) is 24.5 Å². The van der Waals surface area contributed by atoms with E-state index in [4.69, 9.17) is 9.47 Å². The number of fused-ring (bicyclic) bond motifs is 3. The predicted octanol–water partition coefficient (Wildman–Crippen LogP) is 0.668. The lowest BCUT2D eigenvalue weighted by molar-refractivity contribution is -0.0605. The number of hydrogen-bond acceptors (Lipinski definition) is 6. The Labute approximate surface area is 133 Å². The first-order valence-corrected chi connectivity index (χ1v) is 7.56. The molecule has 2 aliphatic rings. The summed E-state index contributed by atoms with van der Waals surface area (Å²) in [5.74, 6) is 0.457. The van der Waals surface area contributed by atoms with E-state index in [0.717, 1.165) is 12.1 Å². The Bertz CT molecular complexity index is 714. The van der Waals surface area contributed by atoms with Gasteiger partial charge in [0.05, 0.1) is 43.3 Å². The number of methoxy groups -OCH3 is 1. The number of carbonyl (C=O) groups is 1. The molecule has 8 nitrogen and oxygen atoms in total. The van der Waals surface area contributed by atoms with Gasteiger partial charge in [0.1, 0.15) is 0 Å². The number of likely N-dealkylation sites (tertiary alicyclic amines) is 1. The van der Waals surface area contributed by atoms with Gasteiger partial charge in [0.25, 0.3) is 5.91 Å². The standard InChI is InChI=1S/C15H17N5O3/c1-22-14-3-2-10(6-16-14)15(21)19-5-4-13-12(8-19)20-11(9-23-13)7-17-18-20/h2-3,6-7,12-13H,4-5,8-9H2,1H3. The highest BCUT2D eigenvalue weighted by molar-refractivity contribution is 5.94. The fourth-order valence-electron chi connectivity index (χ4n) is 3.17. The molecule has 4 rings (SSSR count). The highest BCUT2D eigenvalue weighted by atomic mass is 16.5. The fourth-order valence-corrected chi connectivity index (χ4v) is 3.17. The third kappa shape index (κ3) is 2.44. The highest BCUT2D eigenvalue weighted by Crippen LogP contribution is 2.30. The molecule has 4 heterocycles. The first kappa shape index (κ1) is 14.1. The van der Waals surface area contributed by atoms with E-state index in [1.807, 2.05) is 9.58 Å². The molecule has 2 aromatic heterocycles. The number of nitrogens with zero attached hydrogens (tertiary/aromatic N) is 5. The molecule has 2 aliphatic heterocycles. The summed E-state index contributed by atoms with van der Waals surface area (Å²) in [6.07, 6.45) is 4.14. The second kappa shape index (κ2) is 5.62.